The number of carboxylic acids is 1. The van der Waals surface area contributed by atoms with Crippen molar-refractivity contribution in [1.29, 1.82) is 0 Å². The molecule has 24 heteroatoms. The molecule has 2 fully saturated rings. The normalized spacial score (nSPS) is 16.0. The van der Waals surface area contributed by atoms with Crippen molar-refractivity contribution in [2.45, 2.75) is 148 Å². The number of hydrogen-bond donors (Lipinski definition) is 5. The molecule has 0 bridgehead atoms. The number of carboxylic acid groups (broad SMARTS) is 1. The minimum absolute atomic E-state index is 0.00875. The van der Waals surface area contributed by atoms with E-state index in [4.69, 9.17) is 9.47 Å². The van der Waals surface area contributed by atoms with Crippen LogP contribution in [0, 0.1) is 30.0 Å². The second kappa shape index (κ2) is 30.1. The number of aromatic carboxylic acids is 1. The van der Waals surface area contributed by atoms with Crippen molar-refractivity contribution in [2.24, 2.45) is 5.41 Å². The van der Waals surface area contributed by atoms with Crippen molar-refractivity contribution < 1.29 is 57.2 Å². The van der Waals surface area contributed by atoms with Crippen LogP contribution in [0.4, 0.5) is 19.0 Å². The van der Waals surface area contributed by atoms with Gasteiger partial charge in [-0.2, -0.15) is 0 Å². The Balaban J connectivity index is 0.623. The molecule has 0 radical (unpaired) electrons. The molecule has 1 saturated heterocycles. The van der Waals surface area contributed by atoms with E-state index in [2.05, 4.69) is 42.7 Å². The number of aliphatic hydroxyl groups excluding tert-OH is 1. The number of benzene rings is 4. The summed E-state index contributed by atoms with van der Waals surface area (Å²) in [6.07, 6.45) is 6.12. The number of aryl methyl sites for hydroxylation is 2. The van der Waals surface area contributed by atoms with Gasteiger partial charge in [0.1, 0.15) is 17.8 Å². The molecule has 0 spiro atoms. The van der Waals surface area contributed by atoms with Crippen molar-refractivity contribution in [3.8, 4) is 33.8 Å². The minimum atomic E-state index is -1.99. The number of carbonyl (C=O) groups excluding carboxylic acids is 5. The van der Waals surface area contributed by atoms with Crippen LogP contribution in [0.3, 0.4) is 0 Å². The van der Waals surface area contributed by atoms with Crippen molar-refractivity contribution in [3.63, 3.8) is 0 Å². The summed E-state index contributed by atoms with van der Waals surface area (Å²) >= 11 is 4.21. The van der Waals surface area contributed by atoms with Crippen molar-refractivity contribution in [1.82, 2.24) is 35.4 Å². The van der Waals surface area contributed by atoms with Gasteiger partial charge in [0.15, 0.2) is 33.2 Å². The van der Waals surface area contributed by atoms with Gasteiger partial charge >= 0.3 is 5.97 Å². The van der Waals surface area contributed by atoms with Gasteiger partial charge in [-0.1, -0.05) is 106 Å². The second-order valence-electron chi connectivity index (χ2n) is 24.9. The summed E-state index contributed by atoms with van der Waals surface area (Å²) in [4.78, 5) is 99.4. The Labute approximate surface area is 551 Å². The van der Waals surface area contributed by atoms with Gasteiger partial charge in [0.2, 0.25) is 17.7 Å². The topological polar surface area (TPSA) is 246 Å². The van der Waals surface area contributed by atoms with Crippen LogP contribution in [0.5, 0.6) is 11.5 Å². The smallest absolute Gasteiger partial charge is 0.355 e. The number of carbonyl (C=O) groups is 6. The number of nitrogens with one attached hydrogen (secondary N) is 3. The SMILES string of the molecule is Cc1ncsc1-c1ccc(CNC(=O)[C@@H]2C[C@@H](O)CN2C(=O)[C@@H](NC(=O)C2(F)CC2)C(C)(C)C)c(OCCCCCCCCC(=O)N(C)CC#Cc2ccc(OCCCc3sc(N4CCc5cccc(C(=O)Nc6nc7ccccc7s6)c5C4)nc3C(=O)O)c(F)c2)c1. The summed E-state index contributed by atoms with van der Waals surface area (Å²) in [5.41, 5.74) is 5.11. The number of unbranched alkanes of at least 4 members (excludes halogenated alkanes) is 5. The molecule has 1 aliphatic carbocycles. The van der Waals surface area contributed by atoms with Crippen LogP contribution < -0.4 is 30.3 Å². The number of aromatic nitrogens is 3. The van der Waals surface area contributed by atoms with E-state index in [1.165, 1.54) is 51.0 Å². The van der Waals surface area contributed by atoms with E-state index < -0.39 is 58.8 Å². The van der Waals surface area contributed by atoms with Crippen LogP contribution >= 0.6 is 34.0 Å². The minimum Gasteiger partial charge on any atom is -0.493 e. The van der Waals surface area contributed by atoms with Gasteiger partial charge in [0.05, 0.1) is 52.2 Å². The largest absolute Gasteiger partial charge is 0.493 e. The zero-order chi connectivity index (χ0) is 66.0. The number of anilines is 2. The van der Waals surface area contributed by atoms with Gasteiger partial charge in [-0.15, -0.1) is 22.7 Å². The Bertz CT molecular complexity index is 3930. The number of likely N-dealkylation sites (tertiary alicyclic amines) is 1. The van der Waals surface area contributed by atoms with E-state index in [1.807, 2.05) is 66.4 Å². The van der Waals surface area contributed by atoms with Gasteiger partial charge in [0, 0.05) is 67.6 Å². The summed E-state index contributed by atoms with van der Waals surface area (Å²) in [6.45, 7) is 8.86. The van der Waals surface area contributed by atoms with E-state index in [0.29, 0.717) is 77.4 Å². The van der Waals surface area contributed by atoms with Crippen LogP contribution in [-0.4, -0.2) is 134 Å². The standard InChI is InChI=1S/C69H77F2N9O10S3/c1-42-59(91-41-73-42)45-25-26-46(38-72-62(84)52-37-47(81)39-80(52)63(85)60(68(2,3)4)76-65(88)69(71)29-30-69)54(36-45)90-33-13-9-7-6-8-10-23-57(82)78(5)31-15-17-43-24-27-53(50(70)35-43)89-34-16-22-56-58(64(86)87)75-67(93-56)79-32-28-44-18-14-19-48(49(44)40-79)61(83)77-66-74-51-20-11-12-21-55(51)92-66/h11-12,14,18-21,24-27,35-36,41,47,52,60,81H,6-10,13,16,22-23,28-34,37-40H2,1-5H3,(H,72,84)(H,76,88)(H,86,87)(H,74,77,83)/t47-,52+,60-/m1/s1. The first-order valence-corrected chi connectivity index (χ1v) is 34.0. The molecule has 3 aliphatic rings. The molecular formula is C69H77F2N9O10S3. The number of β-amino-alcohol motifs (C(OH)–C–C–N with tert-alkyl or cyclic N) is 1. The molecule has 5 heterocycles. The van der Waals surface area contributed by atoms with Crippen LogP contribution in [0.1, 0.15) is 145 Å². The first-order chi connectivity index (χ1) is 44.6. The van der Waals surface area contributed by atoms with Crippen molar-refractivity contribution in [3.05, 3.63) is 134 Å². The number of aliphatic hydroxyl groups is 1. The molecule has 1 saturated carbocycles. The number of nitrogens with zero attached hydrogens (tertiary/aromatic N) is 6. The van der Waals surface area contributed by atoms with E-state index in [9.17, 15) is 43.4 Å². The average molecular weight is 1330 g/mol. The average Bonchev–Trinajstić information content (AvgIpc) is 1.82. The summed E-state index contributed by atoms with van der Waals surface area (Å²) < 4.78 is 43.1. The highest BCUT2D eigenvalue weighted by Crippen LogP contribution is 2.41. The Morgan fingerprint density at radius 3 is 2.41 bits per heavy atom. The number of rotatable bonds is 27. The number of ether oxygens (including phenoxy) is 2. The number of fused-ring (bicyclic) bond motifs is 2. The fourth-order valence-electron chi connectivity index (χ4n) is 11.3. The first kappa shape index (κ1) is 67.5. The lowest BCUT2D eigenvalue weighted by atomic mass is 9.85. The van der Waals surface area contributed by atoms with Crippen molar-refractivity contribution >= 4 is 90.0 Å². The lowest BCUT2D eigenvalue weighted by molar-refractivity contribution is -0.145. The summed E-state index contributed by atoms with van der Waals surface area (Å²) in [6, 6.07) is 21.4. The van der Waals surface area contributed by atoms with Gasteiger partial charge in [0.25, 0.3) is 11.8 Å². The van der Waals surface area contributed by atoms with Crippen LogP contribution in [0.15, 0.2) is 84.4 Å². The van der Waals surface area contributed by atoms with Gasteiger partial charge < -0.3 is 45.0 Å². The molecule has 3 atom stereocenters. The molecule has 10 rings (SSSR count). The fourth-order valence-corrected chi connectivity index (χ4v) is 14.1. The predicted octanol–water partition coefficient (Wildman–Crippen LogP) is 11.1. The summed E-state index contributed by atoms with van der Waals surface area (Å²) in [7, 11) is 1.69. The third-order valence-corrected chi connectivity index (χ3v) is 19.9. The number of amides is 5. The highest BCUT2D eigenvalue weighted by Gasteiger charge is 2.53. The number of halogens is 2. The maximum absolute atomic E-state index is 15.3. The quantitative estimate of drug-likeness (QED) is 0.0238. The number of thiazole rings is 3. The molecule has 3 aromatic heterocycles. The zero-order valence-electron chi connectivity index (χ0n) is 52.8. The Hall–Kier alpha value is -8.37. The molecule has 19 nitrogen and oxygen atoms in total. The Morgan fingerprint density at radius 1 is 0.903 bits per heavy atom. The monoisotopic (exact) mass is 1330 g/mol. The maximum atomic E-state index is 15.3. The lowest BCUT2D eigenvalue weighted by Gasteiger charge is -2.35. The number of para-hydroxylation sites is 1. The Morgan fingerprint density at radius 2 is 1.67 bits per heavy atom. The van der Waals surface area contributed by atoms with Crippen molar-refractivity contribution in [2.75, 3.05) is 50.1 Å². The first-order valence-electron chi connectivity index (χ1n) is 31.5. The molecular weight excluding hydrogens is 1250 g/mol. The third-order valence-electron chi connectivity index (χ3n) is 16.8. The molecule has 0 unspecified atom stereocenters. The predicted molar refractivity (Wildman–Crippen MR) is 355 cm³/mol. The summed E-state index contributed by atoms with van der Waals surface area (Å²) in [5, 5.41) is 30.3. The van der Waals surface area contributed by atoms with Gasteiger partial charge in [-0.05, 0) is 116 Å². The van der Waals surface area contributed by atoms with Crippen LogP contribution in [0.2, 0.25) is 0 Å². The highest BCUT2D eigenvalue weighted by molar-refractivity contribution is 7.22. The van der Waals surface area contributed by atoms with Crippen LogP contribution in [-0.2, 0) is 45.1 Å². The number of alkyl halides is 1. The summed E-state index contributed by atoms with van der Waals surface area (Å²) in [5.74, 6) is 2.61. The van der Waals surface area contributed by atoms with Gasteiger partial charge in [-0.3, -0.25) is 29.3 Å². The lowest BCUT2D eigenvalue weighted by Crippen LogP contribution is -2.59. The van der Waals surface area contributed by atoms with Gasteiger partial charge in [-0.25, -0.2) is 28.5 Å². The fraction of sp³-hybridized carbons (Fsp3) is 0.435. The van der Waals surface area contributed by atoms with E-state index in [1.54, 1.807) is 50.4 Å². The molecule has 490 valence electrons. The van der Waals surface area contributed by atoms with E-state index in [-0.39, 0.29) is 68.8 Å². The third kappa shape index (κ3) is 17.1. The highest BCUT2D eigenvalue weighted by atomic mass is 32.1. The molecule has 7 aromatic rings. The molecule has 93 heavy (non-hydrogen) atoms. The Kier molecular flexibility index (Phi) is 21.9. The zero-order valence-corrected chi connectivity index (χ0v) is 55.2. The molecule has 4 aromatic carbocycles. The molecule has 2 aliphatic heterocycles. The second-order valence-corrected chi connectivity index (χ2v) is 27.9. The van der Waals surface area contributed by atoms with E-state index >= 15 is 4.39 Å². The van der Waals surface area contributed by atoms with E-state index in [0.717, 1.165) is 81.6 Å². The molecule has 5 amide bonds. The molecule has 5 N–H and O–H groups in total. The number of hydrogen-bond acceptors (Lipinski definition) is 16. The van der Waals surface area contributed by atoms with Crippen LogP contribution in [0.25, 0.3) is 20.7 Å². The maximum Gasteiger partial charge on any atom is 0.355 e.